The second kappa shape index (κ2) is 5.65. The van der Waals surface area contributed by atoms with Gasteiger partial charge in [-0.1, -0.05) is 49.4 Å². The summed E-state index contributed by atoms with van der Waals surface area (Å²) in [6, 6.07) is 7.93. The summed E-state index contributed by atoms with van der Waals surface area (Å²) in [4.78, 5) is 23.5. The molecule has 98 valence electrons. The van der Waals surface area contributed by atoms with E-state index < -0.39 is 5.97 Å². The summed E-state index contributed by atoms with van der Waals surface area (Å²) >= 11 is 0. The van der Waals surface area contributed by atoms with E-state index in [0.717, 1.165) is 11.1 Å². The molecule has 1 aliphatic carbocycles. The zero-order valence-electron chi connectivity index (χ0n) is 11.1. The Labute approximate surface area is 112 Å². The molecule has 0 spiro atoms. The molecule has 1 atom stereocenters. The number of carbonyl (C=O) groups excluding carboxylic acids is 2. The molecular formula is C16H16O3. The van der Waals surface area contributed by atoms with E-state index in [-0.39, 0.29) is 17.3 Å². The Morgan fingerprint density at radius 2 is 2.05 bits per heavy atom. The van der Waals surface area contributed by atoms with Gasteiger partial charge in [0.1, 0.15) is 0 Å². The van der Waals surface area contributed by atoms with Crippen molar-refractivity contribution in [3.05, 3.63) is 53.1 Å². The summed E-state index contributed by atoms with van der Waals surface area (Å²) in [7, 11) is 1.29. The number of rotatable bonds is 4. The topological polar surface area (TPSA) is 43.4 Å². The standard InChI is InChI=1S/C16H16O3/c1-3-15(17)14(16(18)19-2)10-12-9-8-11-6-4-5-7-13(11)12/h4-10,12H,3H2,1-2H3. The molecule has 19 heavy (non-hydrogen) atoms. The largest absolute Gasteiger partial charge is 0.465 e. The summed E-state index contributed by atoms with van der Waals surface area (Å²) < 4.78 is 4.68. The fourth-order valence-corrected chi connectivity index (χ4v) is 2.18. The van der Waals surface area contributed by atoms with Gasteiger partial charge in [-0.25, -0.2) is 4.79 Å². The van der Waals surface area contributed by atoms with E-state index in [0.29, 0.717) is 6.42 Å². The third-order valence-corrected chi connectivity index (χ3v) is 3.21. The van der Waals surface area contributed by atoms with Crippen LogP contribution in [0.25, 0.3) is 6.08 Å². The zero-order chi connectivity index (χ0) is 13.8. The molecule has 0 aromatic heterocycles. The number of carbonyl (C=O) groups is 2. The van der Waals surface area contributed by atoms with Crippen LogP contribution in [-0.4, -0.2) is 18.9 Å². The predicted molar refractivity (Wildman–Crippen MR) is 73.6 cm³/mol. The maximum Gasteiger partial charge on any atom is 0.341 e. The average molecular weight is 256 g/mol. The molecule has 1 aromatic carbocycles. The number of benzene rings is 1. The van der Waals surface area contributed by atoms with Crippen LogP contribution in [-0.2, 0) is 14.3 Å². The van der Waals surface area contributed by atoms with Crippen LogP contribution in [0.15, 0.2) is 42.0 Å². The van der Waals surface area contributed by atoms with Crippen molar-refractivity contribution in [2.75, 3.05) is 7.11 Å². The molecule has 0 N–H and O–H groups in total. The van der Waals surface area contributed by atoms with Crippen LogP contribution in [0.2, 0.25) is 0 Å². The molecule has 0 saturated heterocycles. The quantitative estimate of drug-likeness (QED) is 0.360. The third-order valence-electron chi connectivity index (χ3n) is 3.21. The van der Waals surface area contributed by atoms with E-state index in [2.05, 4.69) is 4.74 Å². The number of ether oxygens (including phenoxy) is 1. The average Bonchev–Trinajstić information content (AvgIpc) is 2.86. The number of hydrogen-bond donors (Lipinski definition) is 0. The Morgan fingerprint density at radius 1 is 1.32 bits per heavy atom. The molecule has 3 heteroatoms. The molecule has 0 amide bonds. The molecule has 0 radical (unpaired) electrons. The summed E-state index contributed by atoms with van der Waals surface area (Å²) in [6.45, 7) is 1.73. The van der Waals surface area contributed by atoms with Gasteiger partial charge in [-0.15, -0.1) is 0 Å². The molecule has 1 aliphatic rings. The minimum absolute atomic E-state index is 0.0409. The highest BCUT2D eigenvalue weighted by atomic mass is 16.5. The first-order valence-corrected chi connectivity index (χ1v) is 6.27. The highest BCUT2D eigenvalue weighted by molar-refractivity contribution is 6.17. The van der Waals surface area contributed by atoms with Gasteiger partial charge in [0.25, 0.3) is 0 Å². The first-order chi connectivity index (χ1) is 9.17. The molecule has 0 heterocycles. The fourth-order valence-electron chi connectivity index (χ4n) is 2.18. The number of methoxy groups -OCH3 is 1. The Hall–Kier alpha value is -2.16. The van der Waals surface area contributed by atoms with Gasteiger partial charge in [-0.2, -0.15) is 0 Å². The van der Waals surface area contributed by atoms with E-state index in [1.807, 2.05) is 36.4 Å². The predicted octanol–water partition coefficient (Wildman–Crippen LogP) is 2.88. The maximum atomic E-state index is 11.8. The second-order valence-electron chi connectivity index (χ2n) is 4.36. The summed E-state index contributed by atoms with van der Waals surface area (Å²) in [5.41, 5.74) is 2.36. The first-order valence-electron chi connectivity index (χ1n) is 6.27. The lowest BCUT2D eigenvalue weighted by Crippen LogP contribution is -2.14. The van der Waals surface area contributed by atoms with Crippen molar-refractivity contribution in [1.82, 2.24) is 0 Å². The smallest absolute Gasteiger partial charge is 0.341 e. The highest BCUT2D eigenvalue weighted by Crippen LogP contribution is 2.31. The van der Waals surface area contributed by atoms with Crippen molar-refractivity contribution in [1.29, 1.82) is 0 Å². The monoisotopic (exact) mass is 256 g/mol. The molecule has 1 unspecified atom stereocenters. The SMILES string of the molecule is CCC(=O)C(=CC1C=Cc2ccccc21)C(=O)OC. The molecule has 1 aromatic rings. The Bertz CT molecular complexity index is 549. The zero-order valence-corrected chi connectivity index (χ0v) is 11.1. The van der Waals surface area contributed by atoms with Crippen molar-refractivity contribution < 1.29 is 14.3 Å². The minimum atomic E-state index is -0.565. The van der Waals surface area contributed by atoms with E-state index in [9.17, 15) is 9.59 Å². The van der Waals surface area contributed by atoms with E-state index >= 15 is 0 Å². The number of Topliss-reactive ketones (excluding diaryl/α,β-unsaturated/α-hetero) is 1. The van der Waals surface area contributed by atoms with Crippen LogP contribution < -0.4 is 0 Å². The fraction of sp³-hybridized carbons (Fsp3) is 0.250. The van der Waals surface area contributed by atoms with Crippen LogP contribution in [0.1, 0.15) is 30.4 Å². The van der Waals surface area contributed by atoms with Crippen molar-refractivity contribution in [3.63, 3.8) is 0 Å². The minimum Gasteiger partial charge on any atom is -0.465 e. The summed E-state index contributed by atoms with van der Waals surface area (Å²) in [6.07, 6.45) is 5.97. The van der Waals surface area contributed by atoms with Crippen LogP contribution in [0.3, 0.4) is 0 Å². The number of ketones is 1. The van der Waals surface area contributed by atoms with E-state index in [1.165, 1.54) is 7.11 Å². The number of esters is 1. The Kier molecular flexibility index (Phi) is 3.95. The van der Waals surface area contributed by atoms with Crippen LogP contribution in [0.5, 0.6) is 0 Å². The van der Waals surface area contributed by atoms with Gasteiger partial charge in [0.15, 0.2) is 5.78 Å². The summed E-state index contributed by atoms with van der Waals surface area (Å²) in [5, 5.41) is 0. The van der Waals surface area contributed by atoms with Gasteiger partial charge in [-0.05, 0) is 11.1 Å². The molecule has 3 nitrogen and oxygen atoms in total. The third kappa shape index (κ3) is 2.65. The van der Waals surface area contributed by atoms with Gasteiger partial charge in [-0.3, -0.25) is 4.79 Å². The molecular weight excluding hydrogens is 240 g/mol. The Balaban J connectivity index is 2.36. The van der Waals surface area contributed by atoms with Crippen molar-refractivity contribution in [2.45, 2.75) is 19.3 Å². The second-order valence-corrected chi connectivity index (χ2v) is 4.36. The van der Waals surface area contributed by atoms with Crippen molar-refractivity contribution in [3.8, 4) is 0 Å². The molecule has 0 bridgehead atoms. The van der Waals surface area contributed by atoms with Gasteiger partial charge in [0, 0.05) is 12.3 Å². The lowest BCUT2D eigenvalue weighted by Gasteiger charge is -2.09. The van der Waals surface area contributed by atoms with E-state index in [1.54, 1.807) is 13.0 Å². The maximum absolute atomic E-state index is 11.8. The normalized spacial score (nSPS) is 17.2. The lowest BCUT2D eigenvalue weighted by atomic mass is 9.96. The molecule has 2 rings (SSSR count). The molecule has 0 aliphatic heterocycles. The number of allylic oxidation sites excluding steroid dienone is 2. The van der Waals surface area contributed by atoms with E-state index in [4.69, 9.17) is 0 Å². The van der Waals surface area contributed by atoms with Crippen molar-refractivity contribution in [2.24, 2.45) is 0 Å². The van der Waals surface area contributed by atoms with Crippen LogP contribution in [0, 0.1) is 0 Å². The van der Waals surface area contributed by atoms with Crippen LogP contribution in [0.4, 0.5) is 0 Å². The van der Waals surface area contributed by atoms with Crippen molar-refractivity contribution >= 4 is 17.8 Å². The lowest BCUT2D eigenvalue weighted by molar-refractivity contribution is -0.137. The molecule has 0 saturated carbocycles. The molecule has 0 fully saturated rings. The van der Waals surface area contributed by atoms with Gasteiger partial charge < -0.3 is 4.74 Å². The summed E-state index contributed by atoms with van der Waals surface area (Å²) in [5.74, 6) is -0.796. The first kappa shape index (κ1) is 13.3. The number of hydrogen-bond acceptors (Lipinski definition) is 3. The Morgan fingerprint density at radius 3 is 2.74 bits per heavy atom. The van der Waals surface area contributed by atoms with Crippen LogP contribution >= 0.6 is 0 Å². The number of fused-ring (bicyclic) bond motifs is 1. The van der Waals surface area contributed by atoms with Gasteiger partial charge in [0.05, 0.1) is 12.7 Å². The van der Waals surface area contributed by atoms with Gasteiger partial charge >= 0.3 is 5.97 Å². The van der Waals surface area contributed by atoms with Gasteiger partial charge in [0.2, 0.25) is 0 Å². The highest BCUT2D eigenvalue weighted by Gasteiger charge is 2.22.